The number of phosphoric ester groups is 1. The predicted octanol–water partition coefficient (Wildman–Crippen LogP) is 19.5. The highest BCUT2D eigenvalue weighted by Crippen LogP contribution is 2.43. The second kappa shape index (κ2) is 61.1. The SMILES string of the molecule is CC/C=C\C/C=C\C/C=C\C/C=C\C/C=C\C/C=C\C/C=C\C/C=C\C/C=C\C/C=C\CCCCCCCCCCCCC(=O)OC(COC(=O)CCCCCCC/C=C\C/C=C\CCCCC)COP(=O)(O)OCCN. The molecule has 2 unspecified atom stereocenters. The lowest BCUT2D eigenvalue weighted by atomic mass is 10.0. The number of esters is 2. The second-order valence-electron chi connectivity index (χ2n) is 19.5. The van der Waals surface area contributed by atoms with Crippen LogP contribution in [0.3, 0.4) is 0 Å². The van der Waals surface area contributed by atoms with Gasteiger partial charge in [0, 0.05) is 19.4 Å². The molecule has 0 heterocycles. The normalized spacial score (nSPS) is 14.1. The summed E-state index contributed by atoms with van der Waals surface area (Å²) in [6, 6.07) is 0. The predicted molar refractivity (Wildman–Crippen MR) is 330 cm³/mol. The molecule has 0 saturated carbocycles. The van der Waals surface area contributed by atoms with Crippen molar-refractivity contribution in [1.29, 1.82) is 0 Å². The summed E-state index contributed by atoms with van der Waals surface area (Å²) in [4.78, 5) is 35.1. The van der Waals surface area contributed by atoms with Gasteiger partial charge in [-0.15, -0.1) is 0 Å². The molecule has 2 atom stereocenters. The van der Waals surface area contributed by atoms with Gasteiger partial charge in [-0.25, -0.2) is 4.57 Å². The van der Waals surface area contributed by atoms with Crippen LogP contribution in [-0.4, -0.2) is 49.3 Å². The van der Waals surface area contributed by atoms with Gasteiger partial charge in [-0.1, -0.05) is 243 Å². The first kappa shape index (κ1) is 72.9. The maximum Gasteiger partial charge on any atom is 0.472 e. The number of hydrogen-bond donors (Lipinski definition) is 2. The number of unbranched alkanes of at least 4 members (excludes halogenated alkanes) is 18. The first-order valence-corrected chi connectivity index (χ1v) is 31.8. The van der Waals surface area contributed by atoms with Gasteiger partial charge in [0.1, 0.15) is 6.61 Å². The van der Waals surface area contributed by atoms with Crippen LogP contribution in [0.2, 0.25) is 0 Å². The smallest absolute Gasteiger partial charge is 0.462 e. The zero-order valence-electron chi connectivity index (χ0n) is 48.6. The molecule has 0 aliphatic rings. The molecule has 3 N–H and O–H groups in total. The molecule has 436 valence electrons. The number of carbonyl (C=O) groups is 2. The fraction of sp³-hybridized carbons (Fsp3) is 0.612. The Morgan fingerprint density at radius 3 is 1.06 bits per heavy atom. The van der Waals surface area contributed by atoms with E-state index in [9.17, 15) is 19.0 Å². The third-order valence-electron chi connectivity index (χ3n) is 12.2. The third kappa shape index (κ3) is 61.0. The molecule has 77 heavy (non-hydrogen) atoms. The number of allylic oxidation sites excluding steroid dienone is 24. The minimum absolute atomic E-state index is 0.0442. The number of nitrogens with two attached hydrogens (primary N) is 1. The van der Waals surface area contributed by atoms with Crippen molar-refractivity contribution < 1.29 is 37.6 Å². The van der Waals surface area contributed by atoms with Crippen LogP contribution in [0.25, 0.3) is 0 Å². The van der Waals surface area contributed by atoms with Crippen molar-refractivity contribution in [2.45, 2.75) is 238 Å². The Hall–Kier alpha value is -4.11. The molecule has 0 rings (SSSR count). The Morgan fingerprint density at radius 1 is 0.403 bits per heavy atom. The fourth-order valence-corrected chi connectivity index (χ4v) is 8.52. The highest BCUT2D eigenvalue weighted by atomic mass is 31.2. The Balaban J connectivity index is 3.97. The van der Waals surface area contributed by atoms with Crippen LogP contribution in [0.15, 0.2) is 146 Å². The number of phosphoric acid groups is 1. The monoisotopic (exact) mass is 1090 g/mol. The second-order valence-corrected chi connectivity index (χ2v) is 20.9. The molecule has 0 aliphatic carbocycles. The van der Waals surface area contributed by atoms with Crippen LogP contribution in [0.5, 0.6) is 0 Å². The van der Waals surface area contributed by atoms with E-state index in [0.29, 0.717) is 12.8 Å². The third-order valence-corrected chi connectivity index (χ3v) is 13.2. The van der Waals surface area contributed by atoms with Crippen LogP contribution < -0.4 is 5.73 Å². The van der Waals surface area contributed by atoms with E-state index < -0.39 is 32.5 Å². The van der Waals surface area contributed by atoms with Crippen molar-refractivity contribution in [2.75, 3.05) is 26.4 Å². The van der Waals surface area contributed by atoms with E-state index >= 15 is 0 Å². The molecule has 0 aromatic carbocycles. The van der Waals surface area contributed by atoms with Crippen LogP contribution in [0.1, 0.15) is 232 Å². The summed E-state index contributed by atoms with van der Waals surface area (Å²) in [6.07, 6.45) is 87.7. The van der Waals surface area contributed by atoms with Crippen LogP contribution in [0, 0.1) is 0 Å². The Kier molecular flexibility index (Phi) is 57.8. The fourth-order valence-electron chi connectivity index (χ4n) is 7.75. The van der Waals surface area contributed by atoms with Gasteiger partial charge in [-0.2, -0.15) is 0 Å². The summed E-state index contributed by atoms with van der Waals surface area (Å²) >= 11 is 0. The minimum atomic E-state index is -4.40. The molecule has 0 aromatic rings. The highest BCUT2D eigenvalue weighted by Gasteiger charge is 2.26. The number of carbonyl (C=O) groups excluding carboxylic acids is 2. The summed E-state index contributed by atoms with van der Waals surface area (Å²) in [6.45, 7) is 3.56. The number of ether oxygens (including phenoxy) is 2. The average molecular weight is 1090 g/mol. The quantitative estimate of drug-likeness (QED) is 0.0264. The molecule has 9 nitrogen and oxygen atoms in total. The van der Waals surface area contributed by atoms with E-state index in [4.69, 9.17) is 24.3 Å². The van der Waals surface area contributed by atoms with E-state index in [1.165, 1.54) is 64.2 Å². The summed E-state index contributed by atoms with van der Waals surface area (Å²) < 4.78 is 33.0. The maximum absolute atomic E-state index is 12.7. The Labute approximate surface area is 471 Å². The molecule has 10 heteroatoms. The van der Waals surface area contributed by atoms with Gasteiger partial charge in [0.2, 0.25) is 0 Å². The average Bonchev–Trinajstić information content (AvgIpc) is 3.42. The van der Waals surface area contributed by atoms with Gasteiger partial charge in [-0.05, 0) is 122 Å². The molecule has 0 spiro atoms. The van der Waals surface area contributed by atoms with Crippen LogP contribution in [0.4, 0.5) is 0 Å². The number of rotatable bonds is 55. The van der Waals surface area contributed by atoms with Gasteiger partial charge < -0.3 is 20.1 Å². The van der Waals surface area contributed by atoms with E-state index in [1.54, 1.807) is 0 Å². The van der Waals surface area contributed by atoms with E-state index in [2.05, 4.69) is 160 Å². The largest absolute Gasteiger partial charge is 0.472 e. The van der Waals surface area contributed by atoms with Crippen LogP contribution in [-0.2, 0) is 32.7 Å². The molecule has 0 fully saturated rings. The zero-order chi connectivity index (χ0) is 55.9. The van der Waals surface area contributed by atoms with Crippen molar-refractivity contribution in [3.05, 3.63) is 146 Å². The van der Waals surface area contributed by atoms with Crippen LogP contribution >= 0.6 is 7.82 Å². The summed E-state index contributed by atoms with van der Waals surface area (Å²) in [7, 11) is -4.40. The molecular weight excluding hydrogens is 978 g/mol. The number of hydrogen-bond acceptors (Lipinski definition) is 8. The van der Waals surface area contributed by atoms with Crippen molar-refractivity contribution in [3.63, 3.8) is 0 Å². The lowest BCUT2D eigenvalue weighted by Gasteiger charge is -2.19. The van der Waals surface area contributed by atoms with Crippen molar-refractivity contribution >= 4 is 19.8 Å². The van der Waals surface area contributed by atoms with E-state index in [-0.39, 0.29) is 32.6 Å². The van der Waals surface area contributed by atoms with Gasteiger partial charge in [0.25, 0.3) is 0 Å². The van der Waals surface area contributed by atoms with Gasteiger partial charge in [0.05, 0.1) is 13.2 Å². The van der Waals surface area contributed by atoms with E-state index in [0.717, 1.165) is 128 Å². The standard InChI is InChI=1S/C67H110NO8P/c1-3-5-7-9-11-13-15-17-19-20-21-22-23-24-25-26-27-28-29-30-31-32-33-34-35-36-37-38-39-40-41-42-43-44-46-48-50-52-54-56-58-60-67(70)76-65(64-75-77(71,72)74-62-61-68)63-73-66(69)59-57-55-53-51-49-47-45-18-16-14-12-10-8-6-4-2/h5,7,11-14,17-19,21-22,24-25,27-28,30-31,33-34,36-37,39-40,45,65H,3-4,6,8-10,15-16,20,23,26,29,32,35,38,41-44,46-64,68H2,1-2H3,(H,71,72)/b7-5-,13-11-,14-12-,19-17-,22-21-,25-24-,28-27-,31-30-,34-33-,37-36-,40-39-,45-18-. The zero-order valence-corrected chi connectivity index (χ0v) is 49.5. The Morgan fingerprint density at radius 2 is 0.714 bits per heavy atom. The van der Waals surface area contributed by atoms with Crippen molar-refractivity contribution in [1.82, 2.24) is 0 Å². The van der Waals surface area contributed by atoms with Crippen molar-refractivity contribution in [3.8, 4) is 0 Å². The molecule has 0 bridgehead atoms. The minimum Gasteiger partial charge on any atom is -0.462 e. The lowest BCUT2D eigenvalue weighted by Crippen LogP contribution is -2.29. The summed E-state index contributed by atoms with van der Waals surface area (Å²) in [5.41, 5.74) is 5.38. The first-order valence-electron chi connectivity index (χ1n) is 30.3. The summed E-state index contributed by atoms with van der Waals surface area (Å²) in [5, 5.41) is 0. The maximum atomic E-state index is 12.7. The highest BCUT2D eigenvalue weighted by molar-refractivity contribution is 7.47. The molecule has 0 saturated heterocycles. The topological polar surface area (TPSA) is 134 Å². The molecular formula is C67H110NO8P. The van der Waals surface area contributed by atoms with Gasteiger partial charge in [0.15, 0.2) is 6.10 Å². The molecule has 0 aliphatic heterocycles. The van der Waals surface area contributed by atoms with Gasteiger partial charge >= 0.3 is 19.8 Å². The molecule has 0 amide bonds. The molecule has 0 aromatic heterocycles. The first-order chi connectivity index (χ1) is 37.8. The van der Waals surface area contributed by atoms with E-state index in [1.807, 2.05) is 0 Å². The van der Waals surface area contributed by atoms with Crippen molar-refractivity contribution in [2.24, 2.45) is 5.73 Å². The summed E-state index contributed by atoms with van der Waals surface area (Å²) in [5.74, 6) is -0.857. The Bertz CT molecular complexity index is 1770. The molecule has 0 radical (unpaired) electrons. The lowest BCUT2D eigenvalue weighted by molar-refractivity contribution is -0.161. The van der Waals surface area contributed by atoms with Gasteiger partial charge in [-0.3, -0.25) is 18.6 Å².